The fourth-order valence-electron chi connectivity index (χ4n) is 3.74. The van der Waals surface area contributed by atoms with E-state index in [2.05, 4.69) is 15.3 Å². The van der Waals surface area contributed by atoms with Crippen molar-refractivity contribution in [1.82, 2.24) is 14.5 Å². The van der Waals surface area contributed by atoms with Crippen molar-refractivity contribution in [2.24, 2.45) is 5.92 Å². The molecule has 1 saturated carbocycles. The van der Waals surface area contributed by atoms with Crippen LogP contribution in [0.1, 0.15) is 48.7 Å². The van der Waals surface area contributed by atoms with Crippen LogP contribution in [0.15, 0.2) is 27.8 Å². The molecule has 0 spiro atoms. The molecule has 0 radical (unpaired) electrons. The Hall–Kier alpha value is -3.33. The van der Waals surface area contributed by atoms with Crippen LogP contribution in [0.3, 0.4) is 0 Å². The fraction of sp³-hybridized carbons (Fsp3) is 0.391. The van der Waals surface area contributed by atoms with Crippen molar-refractivity contribution in [1.29, 1.82) is 0 Å². The molecule has 3 aromatic rings. The van der Waals surface area contributed by atoms with Crippen molar-refractivity contribution < 1.29 is 14.3 Å². The fourth-order valence-corrected chi connectivity index (χ4v) is 3.97. The van der Waals surface area contributed by atoms with Gasteiger partial charge < -0.3 is 14.8 Å². The molecule has 2 heterocycles. The number of amides is 1. The van der Waals surface area contributed by atoms with Crippen LogP contribution >= 0.6 is 11.6 Å². The van der Waals surface area contributed by atoms with Gasteiger partial charge in [0.1, 0.15) is 11.5 Å². The number of fused-ring (bicyclic) bond motifs is 1. The SMILES string of the molecule is COc1cc(NC(=O)c2cc(C3CC3)nc3c2c(=O)[nH]c(=O)n3CC(C)C)c(OC)cc1Cl. The Labute approximate surface area is 194 Å². The molecule has 0 bridgehead atoms. The molecule has 174 valence electrons. The number of nitrogens with zero attached hydrogens (tertiary/aromatic N) is 2. The minimum Gasteiger partial charge on any atom is -0.495 e. The number of hydrogen-bond acceptors (Lipinski definition) is 6. The van der Waals surface area contributed by atoms with E-state index in [1.165, 1.54) is 24.9 Å². The third-order valence-electron chi connectivity index (χ3n) is 5.48. The average molecular weight is 473 g/mol. The van der Waals surface area contributed by atoms with Crippen LogP contribution in [0.25, 0.3) is 11.0 Å². The number of ether oxygens (including phenoxy) is 2. The number of hydrogen-bond donors (Lipinski definition) is 2. The summed E-state index contributed by atoms with van der Waals surface area (Å²) in [6, 6.07) is 4.71. The lowest BCUT2D eigenvalue weighted by Gasteiger charge is -2.16. The van der Waals surface area contributed by atoms with E-state index in [0.717, 1.165) is 12.8 Å². The predicted octanol–water partition coefficient (Wildman–Crippen LogP) is 3.54. The van der Waals surface area contributed by atoms with Crippen LogP contribution < -0.4 is 26.0 Å². The molecule has 2 aromatic heterocycles. The highest BCUT2D eigenvalue weighted by Crippen LogP contribution is 2.40. The molecule has 1 fully saturated rings. The van der Waals surface area contributed by atoms with Crippen molar-refractivity contribution in [3.05, 3.63) is 55.3 Å². The number of carbonyl (C=O) groups is 1. The van der Waals surface area contributed by atoms with Crippen LogP contribution in [0.4, 0.5) is 5.69 Å². The van der Waals surface area contributed by atoms with Gasteiger partial charge in [0.2, 0.25) is 0 Å². The Balaban J connectivity index is 1.89. The van der Waals surface area contributed by atoms with E-state index in [9.17, 15) is 14.4 Å². The number of nitrogens with one attached hydrogen (secondary N) is 2. The Bertz CT molecular complexity index is 1360. The molecular weight excluding hydrogens is 448 g/mol. The van der Waals surface area contributed by atoms with Crippen molar-refractivity contribution in [2.45, 2.75) is 39.2 Å². The molecule has 0 aliphatic heterocycles. The lowest BCUT2D eigenvalue weighted by Crippen LogP contribution is -2.33. The maximum absolute atomic E-state index is 13.4. The summed E-state index contributed by atoms with van der Waals surface area (Å²) in [7, 11) is 2.92. The summed E-state index contributed by atoms with van der Waals surface area (Å²) in [6.07, 6.45) is 1.89. The Morgan fingerprint density at radius 1 is 1.21 bits per heavy atom. The normalized spacial score (nSPS) is 13.4. The van der Waals surface area contributed by atoms with Gasteiger partial charge in [0.25, 0.3) is 11.5 Å². The van der Waals surface area contributed by atoms with E-state index in [1.807, 2.05) is 13.8 Å². The third-order valence-corrected chi connectivity index (χ3v) is 5.77. The molecule has 33 heavy (non-hydrogen) atoms. The van der Waals surface area contributed by atoms with Gasteiger partial charge in [-0.3, -0.25) is 19.1 Å². The maximum atomic E-state index is 13.4. The van der Waals surface area contributed by atoms with E-state index in [1.54, 1.807) is 12.1 Å². The molecule has 10 heteroatoms. The molecule has 4 rings (SSSR count). The summed E-state index contributed by atoms with van der Waals surface area (Å²) in [5.74, 6) is 0.488. The number of aromatic nitrogens is 3. The standard InChI is InChI=1S/C23H25ClN4O5/c1-11(2)10-28-20-19(22(30)27-23(28)31)13(7-15(25-20)12-5-6-12)21(29)26-16-9-17(32-3)14(24)8-18(16)33-4/h7-9,11-12H,5-6,10H2,1-4H3,(H,26,29)(H,27,30,31). The number of halogens is 1. The lowest BCUT2D eigenvalue weighted by atomic mass is 10.1. The summed E-state index contributed by atoms with van der Waals surface area (Å²) < 4.78 is 12.0. The highest BCUT2D eigenvalue weighted by Gasteiger charge is 2.29. The smallest absolute Gasteiger partial charge is 0.330 e. The van der Waals surface area contributed by atoms with Gasteiger partial charge in [-0.15, -0.1) is 0 Å². The molecule has 0 saturated heterocycles. The van der Waals surface area contributed by atoms with Crippen LogP contribution in [0.2, 0.25) is 5.02 Å². The van der Waals surface area contributed by atoms with Crippen molar-refractivity contribution in [3.8, 4) is 11.5 Å². The second-order valence-electron chi connectivity index (χ2n) is 8.47. The first-order valence-corrected chi connectivity index (χ1v) is 11.0. The van der Waals surface area contributed by atoms with Gasteiger partial charge in [0.15, 0.2) is 5.65 Å². The first-order chi connectivity index (χ1) is 15.7. The minimum absolute atomic E-state index is 0.0667. The third kappa shape index (κ3) is 4.45. The van der Waals surface area contributed by atoms with Gasteiger partial charge in [-0.05, 0) is 24.8 Å². The number of aromatic amines is 1. The number of benzene rings is 1. The van der Waals surface area contributed by atoms with E-state index in [-0.39, 0.29) is 28.4 Å². The minimum atomic E-state index is -0.657. The number of pyridine rings is 1. The van der Waals surface area contributed by atoms with Gasteiger partial charge in [-0.2, -0.15) is 0 Å². The first kappa shape index (κ1) is 22.8. The number of methoxy groups -OCH3 is 2. The summed E-state index contributed by atoms with van der Waals surface area (Å²) in [5, 5.41) is 3.18. The molecule has 2 N–H and O–H groups in total. The summed E-state index contributed by atoms with van der Waals surface area (Å²) in [5.41, 5.74) is 0.168. The van der Waals surface area contributed by atoms with Crippen LogP contribution in [-0.2, 0) is 6.54 Å². The molecule has 1 aliphatic carbocycles. The summed E-state index contributed by atoms with van der Waals surface area (Å²) in [4.78, 5) is 45.8. The van der Waals surface area contributed by atoms with E-state index in [0.29, 0.717) is 34.4 Å². The zero-order valence-corrected chi connectivity index (χ0v) is 19.6. The van der Waals surface area contributed by atoms with Crippen LogP contribution in [-0.4, -0.2) is 34.7 Å². The van der Waals surface area contributed by atoms with Gasteiger partial charge in [-0.25, -0.2) is 9.78 Å². The van der Waals surface area contributed by atoms with Gasteiger partial charge in [0, 0.05) is 30.3 Å². The lowest BCUT2D eigenvalue weighted by molar-refractivity contribution is 0.102. The monoisotopic (exact) mass is 472 g/mol. The highest BCUT2D eigenvalue weighted by atomic mass is 35.5. The Kier molecular flexibility index (Phi) is 6.16. The number of carbonyl (C=O) groups excluding carboxylic acids is 1. The Morgan fingerprint density at radius 2 is 1.91 bits per heavy atom. The molecule has 0 unspecified atom stereocenters. The van der Waals surface area contributed by atoms with Crippen molar-refractivity contribution in [2.75, 3.05) is 19.5 Å². The highest BCUT2D eigenvalue weighted by molar-refractivity contribution is 6.32. The largest absolute Gasteiger partial charge is 0.495 e. The van der Waals surface area contributed by atoms with Gasteiger partial charge in [0.05, 0.1) is 35.9 Å². The second-order valence-corrected chi connectivity index (χ2v) is 8.88. The summed E-state index contributed by atoms with van der Waals surface area (Å²) in [6.45, 7) is 4.28. The molecule has 1 aliphatic rings. The number of rotatable bonds is 7. The second kappa shape index (κ2) is 8.90. The van der Waals surface area contributed by atoms with E-state index in [4.69, 9.17) is 21.1 Å². The Morgan fingerprint density at radius 3 is 2.52 bits per heavy atom. The zero-order valence-electron chi connectivity index (χ0n) is 18.8. The van der Waals surface area contributed by atoms with Crippen molar-refractivity contribution in [3.63, 3.8) is 0 Å². The number of H-pyrrole nitrogens is 1. The quantitative estimate of drug-likeness (QED) is 0.543. The summed E-state index contributed by atoms with van der Waals surface area (Å²) >= 11 is 6.17. The van der Waals surface area contributed by atoms with Gasteiger partial charge in [-0.1, -0.05) is 25.4 Å². The van der Waals surface area contributed by atoms with Crippen molar-refractivity contribution >= 4 is 34.2 Å². The topological polar surface area (TPSA) is 115 Å². The number of anilines is 1. The zero-order chi connectivity index (χ0) is 23.9. The molecule has 1 amide bonds. The predicted molar refractivity (Wildman–Crippen MR) is 126 cm³/mol. The van der Waals surface area contributed by atoms with Gasteiger partial charge >= 0.3 is 5.69 Å². The molecule has 9 nitrogen and oxygen atoms in total. The molecule has 1 aromatic carbocycles. The van der Waals surface area contributed by atoms with E-state index >= 15 is 0 Å². The maximum Gasteiger partial charge on any atom is 0.330 e. The molecule has 0 atom stereocenters. The van der Waals surface area contributed by atoms with Crippen LogP contribution in [0.5, 0.6) is 11.5 Å². The van der Waals surface area contributed by atoms with E-state index < -0.39 is 17.2 Å². The first-order valence-electron chi connectivity index (χ1n) is 10.6. The molecular formula is C23H25ClN4O5. The van der Waals surface area contributed by atoms with Crippen LogP contribution in [0, 0.1) is 5.92 Å². The average Bonchev–Trinajstić information content (AvgIpc) is 3.61.